The van der Waals surface area contributed by atoms with Gasteiger partial charge in [-0.05, 0) is 72.5 Å². The molecule has 1 unspecified atom stereocenters. The normalized spacial score (nSPS) is 16.5. The van der Waals surface area contributed by atoms with Crippen molar-refractivity contribution in [3.05, 3.63) is 172 Å². The summed E-state index contributed by atoms with van der Waals surface area (Å²) in [5.74, 6) is 1.38. The van der Waals surface area contributed by atoms with E-state index in [1.54, 1.807) is 0 Å². The first-order valence-electron chi connectivity index (χ1n) is 15.0. The number of nitrogens with zero attached hydrogens (tertiary/aromatic N) is 1. The first kappa shape index (κ1) is 25.7. The van der Waals surface area contributed by atoms with Crippen molar-refractivity contribution in [3.63, 3.8) is 0 Å². The van der Waals surface area contributed by atoms with E-state index in [1.165, 1.54) is 43.2 Å². The predicted molar refractivity (Wildman–Crippen MR) is 177 cm³/mol. The van der Waals surface area contributed by atoms with Gasteiger partial charge < -0.3 is 14.7 Å². The lowest BCUT2D eigenvalue weighted by atomic mass is 9.61. The lowest BCUT2D eigenvalue weighted by Gasteiger charge is -2.49. The van der Waals surface area contributed by atoms with Gasteiger partial charge in [0, 0.05) is 32.7 Å². The van der Waals surface area contributed by atoms with Crippen molar-refractivity contribution in [2.75, 3.05) is 4.90 Å². The van der Waals surface area contributed by atoms with Crippen LogP contribution in [-0.4, -0.2) is 5.11 Å². The molecular weight excluding hydrogens is 559 g/mol. The van der Waals surface area contributed by atoms with Crippen LogP contribution in [0.3, 0.4) is 0 Å². The molecule has 0 amide bonds. The van der Waals surface area contributed by atoms with Gasteiger partial charge in [0.15, 0.2) is 0 Å². The van der Waals surface area contributed by atoms with Gasteiger partial charge in [-0.15, -0.1) is 0 Å². The highest BCUT2D eigenvalue weighted by Crippen LogP contribution is 2.63. The summed E-state index contributed by atoms with van der Waals surface area (Å²) in [4.78, 5) is 4.95. The van der Waals surface area contributed by atoms with Crippen LogP contribution in [-0.2, 0) is 5.41 Å². The average molecular weight is 588 g/mol. The standard InChI is InChI=1S/C40H29NO2S/c1-24-15-19-33-31(21-24)40(29-10-4-7-13-37(29)44-38-14-8-5-11-30(38)40)32-22-25(2)16-20-34(32)41(33)26-17-18-28-36(23-26)43-35-12-6-3-9-27(35)39(28)42/h3-23,39,42H,1-2H3. The first-order valence-corrected chi connectivity index (χ1v) is 15.8. The van der Waals surface area contributed by atoms with Crippen molar-refractivity contribution >= 4 is 28.8 Å². The zero-order valence-corrected chi connectivity index (χ0v) is 25.2. The second-order valence-corrected chi connectivity index (χ2v) is 13.1. The number of aryl methyl sites for hydroxylation is 2. The van der Waals surface area contributed by atoms with Gasteiger partial charge in [0.05, 0.1) is 16.8 Å². The van der Waals surface area contributed by atoms with Crippen molar-refractivity contribution < 1.29 is 9.84 Å². The number of aliphatic hydroxyl groups excluding tert-OH is 1. The highest BCUT2D eigenvalue weighted by atomic mass is 32.2. The SMILES string of the molecule is Cc1ccc2c(c1)C1(c3ccccc3Sc3ccccc31)c1cc(C)ccc1N2c1ccc2c(c1)Oc1ccccc1C2O. The van der Waals surface area contributed by atoms with Crippen LogP contribution in [0.5, 0.6) is 11.5 Å². The molecule has 44 heavy (non-hydrogen) atoms. The highest BCUT2D eigenvalue weighted by molar-refractivity contribution is 7.99. The summed E-state index contributed by atoms with van der Waals surface area (Å²) in [6.45, 7) is 4.37. The van der Waals surface area contributed by atoms with Crippen LogP contribution in [0.25, 0.3) is 0 Å². The van der Waals surface area contributed by atoms with E-state index in [2.05, 4.69) is 116 Å². The fourth-order valence-electron chi connectivity index (χ4n) is 7.48. The Bertz CT molecular complexity index is 2050. The van der Waals surface area contributed by atoms with Gasteiger partial charge in [-0.1, -0.05) is 108 Å². The van der Waals surface area contributed by atoms with E-state index in [0.717, 1.165) is 28.2 Å². The second kappa shape index (κ2) is 9.36. The summed E-state index contributed by atoms with van der Waals surface area (Å²) in [7, 11) is 0. The molecule has 3 aliphatic rings. The number of hydrogen-bond acceptors (Lipinski definition) is 4. The minimum Gasteiger partial charge on any atom is -0.456 e. The summed E-state index contributed by atoms with van der Waals surface area (Å²) >= 11 is 1.86. The minimum absolute atomic E-state index is 0.489. The third kappa shape index (κ3) is 3.44. The molecule has 9 rings (SSSR count). The molecule has 0 saturated carbocycles. The van der Waals surface area contributed by atoms with E-state index in [0.29, 0.717) is 11.5 Å². The summed E-state index contributed by atoms with van der Waals surface area (Å²) in [6, 6.07) is 45.5. The van der Waals surface area contributed by atoms with Gasteiger partial charge in [-0.3, -0.25) is 0 Å². The Hall–Kier alpha value is -4.77. The quantitative estimate of drug-likeness (QED) is 0.207. The van der Waals surface area contributed by atoms with Crippen LogP contribution in [0.15, 0.2) is 137 Å². The fraction of sp³-hybridized carbons (Fsp3) is 0.100. The molecule has 0 aliphatic carbocycles. The topological polar surface area (TPSA) is 32.7 Å². The Kier molecular flexibility index (Phi) is 5.47. The molecule has 1 spiro atoms. The van der Waals surface area contributed by atoms with Gasteiger partial charge in [-0.25, -0.2) is 0 Å². The lowest BCUT2D eigenvalue weighted by molar-refractivity contribution is 0.203. The van der Waals surface area contributed by atoms with Crippen molar-refractivity contribution in [1.82, 2.24) is 0 Å². The number of fused-ring (bicyclic) bond motifs is 10. The van der Waals surface area contributed by atoms with Crippen LogP contribution in [0.2, 0.25) is 0 Å². The largest absolute Gasteiger partial charge is 0.456 e. The summed E-state index contributed by atoms with van der Waals surface area (Å²) in [5, 5.41) is 11.2. The highest BCUT2D eigenvalue weighted by Gasteiger charge is 2.50. The molecular formula is C40H29NO2S. The summed E-state index contributed by atoms with van der Waals surface area (Å²) in [6.07, 6.45) is -0.730. The molecule has 0 radical (unpaired) electrons. The van der Waals surface area contributed by atoms with Gasteiger partial charge in [0.2, 0.25) is 0 Å². The van der Waals surface area contributed by atoms with Gasteiger partial charge in [-0.2, -0.15) is 0 Å². The number of ether oxygens (including phenoxy) is 1. The maximum absolute atomic E-state index is 11.2. The molecule has 1 N–H and O–H groups in total. The van der Waals surface area contributed by atoms with E-state index in [4.69, 9.17) is 4.74 Å². The zero-order chi connectivity index (χ0) is 29.6. The van der Waals surface area contributed by atoms with Crippen molar-refractivity contribution in [1.29, 1.82) is 0 Å². The Labute approximate surface area is 261 Å². The summed E-state index contributed by atoms with van der Waals surface area (Å²) < 4.78 is 6.41. The first-order chi connectivity index (χ1) is 21.5. The number of anilines is 3. The average Bonchev–Trinajstić information content (AvgIpc) is 3.05. The van der Waals surface area contributed by atoms with Crippen LogP contribution < -0.4 is 9.64 Å². The van der Waals surface area contributed by atoms with Crippen LogP contribution in [0.4, 0.5) is 17.1 Å². The molecule has 212 valence electrons. The maximum atomic E-state index is 11.2. The van der Waals surface area contributed by atoms with E-state index in [-0.39, 0.29) is 0 Å². The molecule has 3 aliphatic heterocycles. The van der Waals surface area contributed by atoms with Crippen LogP contribution in [0, 0.1) is 13.8 Å². The van der Waals surface area contributed by atoms with E-state index in [1.807, 2.05) is 42.1 Å². The fourth-order valence-corrected chi connectivity index (χ4v) is 8.67. The van der Waals surface area contributed by atoms with Gasteiger partial charge in [0.25, 0.3) is 0 Å². The zero-order valence-electron chi connectivity index (χ0n) is 24.4. The molecule has 6 aromatic carbocycles. The Morgan fingerprint density at radius 2 is 1.16 bits per heavy atom. The van der Waals surface area contributed by atoms with E-state index in [9.17, 15) is 5.11 Å². The third-order valence-corrected chi connectivity index (χ3v) is 10.5. The molecule has 0 fully saturated rings. The smallest absolute Gasteiger partial charge is 0.135 e. The molecule has 1 atom stereocenters. The van der Waals surface area contributed by atoms with Crippen molar-refractivity contribution in [2.45, 2.75) is 35.2 Å². The Morgan fingerprint density at radius 1 is 0.591 bits per heavy atom. The monoisotopic (exact) mass is 587 g/mol. The molecule has 6 aromatic rings. The van der Waals surface area contributed by atoms with Crippen molar-refractivity contribution in [3.8, 4) is 11.5 Å². The van der Waals surface area contributed by atoms with Crippen molar-refractivity contribution in [2.24, 2.45) is 0 Å². The predicted octanol–water partition coefficient (Wildman–Crippen LogP) is 10.1. The number of hydrogen-bond donors (Lipinski definition) is 1. The molecule has 0 bridgehead atoms. The molecule has 3 heterocycles. The van der Waals surface area contributed by atoms with E-state index >= 15 is 0 Å². The number of rotatable bonds is 1. The molecule has 0 saturated heterocycles. The van der Waals surface area contributed by atoms with Gasteiger partial charge in [0.1, 0.15) is 17.6 Å². The van der Waals surface area contributed by atoms with Crippen LogP contribution in [0.1, 0.15) is 50.6 Å². The molecule has 0 aromatic heterocycles. The Morgan fingerprint density at radius 3 is 1.82 bits per heavy atom. The Balaban J connectivity index is 1.35. The summed E-state index contributed by atoms with van der Waals surface area (Å²) in [5.41, 5.74) is 12.0. The maximum Gasteiger partial charge on any atom is 0.135 e. The lowest BCUT2D eigenvalue weighted by Crippen LogP contribution is -2.40. The van der Waals surface area contributed by atoms with Crippen LogP contribution >= 0.6 is 11.8 Å². The second-order valence-electron chi connectivity index (χ2n) is 12.0. The third-order valence-electron chi connectivity index (χ3n) is 9.38. The number of para-hydroxylation sites is 1. The molecule has 4 heteroatoms. The molecule has 3 nitrogen and oxygen atoms in total. The number of aliphatic hydroxyl groups is 1. The van der Waals surface area contributed by atoms with Gasteiger partial charge >= 0.3 is 0 Å². The minimum atomic E-state index is -0.730. The number of benzene rings is 6. The van der Waals surface area contributed by atoms with E-state index < -0.39 is 11.5 Å².